The van der Waals surface area contributed by atoms with Crippen molar-refractivity contribution >= 4 is 34.9 Å². The van der Waals surface area contributed by atoms with Gasteiger partial charge in [-0.2, -0.15) is 4.98 Å². The highest BCUT2D eigenvalue weighted by Gasteiger charge is 2.07. The Balaban J connectivity index is 1.62. The van der Waals surface area contributed by atoms with Gasteiger partial charge in [-0.25, -0.2) is 4.98 Å². The largest absolute Gasteiger partial charge is 0.439 e. The van der Waals surface area contributed by atoms with Crippen LogP contribution in [0.4, 0.5) is 5.95 Å². The van der Waals surface area contributed by atoms with Crippen LogP contribution in [0.1, 0.15) is 5.56 Å². The number of anilines is 1. The van der Waals surface area contributed by atoms with Crippen LogP contribution in [-0.2, 0) is 6.54 Å². The zero-order chi connectivity index (χ0) is 17.5. The van der Waals surface area contributed by atoms with E-state index >= 15 is 0 Å². The number of hydrogen-bond acceptors (Lipinski definition) is 5. The van der Waals surface area contributed by atoms with E-state index in [2.05, 4.69) is 25.6 Å². The highest BCUT2D eigenvalue weighted by Crippen LogP contribution is 2.22. The fraction of sp³-hybridized carbons (Fsp3) is 0.0588. The maximum absolute atomic E-state index is 6.03. The first-order chi connectivity index (χ1) is 12.2. The summed E-state index contributed by atoms with van der Waals surface area (Å²) in [6, 6.07) is 14.6. The van der Waals surface area contributed by atoms with Crippen molar-refractivity contribution in [3.8, 4) is 11.6 Å². The normalized spacial score (nSPS) is 10.1. The molecule has 25 heavy (non-hydrogen) atoms. The van der Waals surface area contributed by atoms with Gasteiger partial charge in [0.1, 0.15) is 10.9 Å². The summed E-state index contributed by atoms with van der Waals surface area (Å²) >= 11 is 11.3. The highest BCUT2D eigenvalue weighted by atomic mass is 35.5. The van der Waals surface area contributed by atoms with Gasteiger partial charge in [0.15, 0.2) is 5.11 Å². The average molecular weight is 372 g/mol. The molecule has 1 aromatic carbocycles. The van der Waals surface area contributed by atoms with Gasteiger partial charge in [0.05, 0.1) is 0 Å². The molecule has 0 amide bonds. The van der Waals surface area contributed by atoms with Crippen LogP contribution in [0.2, 0.25) is 5.15 Å². The monoisotopic (exact) mass is 371 g/mol. The summed E-state index contributed by atoms with van der Waals surface area (Å²) in [7, 11) is 0. The van der Waals surface area contributed by atoms with Gasteiger partial charge < -0.3 is 15.4 Å². The van der Waals surface area contributed by atoms with Crippen LogP contribution >= 0.6 is 23.8 Å². The predicted molar refractivity (Wildman–Crippen MR) is 101 cm³/mol. The minimum Gasteiger partial charge on any atom is -0.439 e. The predicted octanol–water partition coefficient (Wildman–Crippen LogP) is 3.80. The molecule has 8 heteroatoms. The molecule has 0 saturated heterocycles. The first kappa shape index (κ1) is 17.1. The molecule has 126 valence electrons. The molecular formula is C17H14ClN5OS. The second kappa shape index (κ2) is 8.36. The van der Waals surface area contributed by atoms with Gasteiger partial charge in [0.2, 0.25) is 11.8 Å². The molecule has 3 aromatic rings. The molecule has 0 bridgehead atoms. The number of nitrogens with zero attached hydrogens (tertiary/aromatic N) is 3. The van der Waals surface area contributed by atoms with E-state index < -0.39 is 0 Å². The smallest absolute Gasteiger partial charge is 0.233 e. The zero-order valence-electron chi connectivity index (χ0n) is 13.0. The zero-order valence-corrected chi connectivity index (χ0v) is 14.6. The summed E-state index contributed by atoms with van der Waals surface area (Å²) in [5.41, 5.74) is 1.01. The molecule has 0 spiro atoms. The van der Waals surface area contributed by atoms with E-state index in [-0.39, 0.29) is 11.1 Å². The van der Waals surface area contributed by atoms with Gasteiger partial charge in [-0.05, 0) is 36.0 Å². The molecule has 3 rings (SSSR count). The van der Waals surface area contributed by atoms with E-state index in [4.69, 9.17) is 28.6 Å². The van der Waals surface area contributed by atoms with Crippen LogP contribution in [0.25, 0.3) is 0 Å². The van der Waals surface area contributed by atoms with E-state index in [9.17, 15) is 0 Å². The van der Waals surface area contributed by atoms with Crippen molar-refractivity contribution in [1.82, 2.24) is 20.3 Å². The maximum atomic E-state index is 6.03. The van der Waals surface area contributed by atoms with E-state index in [1.54, 1.807) is 12.4 Å². The molecule has 6 nitrogen and oxygen atoms in total. The Kier molecular flexibility index (Phi) is 5.71. The summed E-state index contributed by atoms with van der Waals surface area (Å²) in [4.78, 5) is 12.4. The lowest BCUT2D eigenvalue weighted by Crippen LogP contribution is -2.28. The van der Waals surface area contributed by atoms with Gasteiger partial charge in [-0.1, -0.05) is 35.9 Å². The minimum atomic E-state index is 0.249. The van der Waals surface area contributed by atoms with Crippen LogP contribution in [0, 0.1) is 0 Å². The lowest BCUT2D eigenvalue weighted by molar-refractivity contribution is 0.462. The van der Waals surface area contributed by atoms with Crippen molar-refractivity contribution in [3.05, 3.63) is 71.6 Å². The summed E-state index contributed by atoms with van der Waals surface area (Å²) in [5.74, 6) is 1.23. The Morgan fingerprint density at radius 1 is 1.12 bits per heavy atom. The summed E-state index contributed by atoms with van der Waals surface area (Å²) < 4.78 is 5.66. The van der Waals surface area contributed by atoms with Crippen LogP contribution < -0.4 is 15.4 Å². The Labute approximate surface area is 155 Å². The van der Waals surface area contributed by atoms with Crippen molar-refractivity contribution in [2.24, 2.45) is 0 Å². The molecule has 0 atom stereocenters. The first-order valence-corrected chi connectivity index (χ1v) is 8.19. The van der Waals surface area contributed by atoms with Gasteiger partial charge in [0.25, 0.3) is 0 Å². The second-order valence-electron chi connectivity index (χ2n) is 4.94. The van der Waals surface area contributed by atoms with Gasteiger partial charge >= 0.3 is 0 Å². The molecule has 0 aliphatic heterocycles. The Bertz CT molecular complexity index is 848. The molecule has 0 unspecified atom stereocenters. The number of rotatable bonds is 5. The molecule has 0 radical (unpaired) electrons. The molecular weight excluding hydrogens is 358 g/mol. The van der Waals surface area contributed by atoms with Crippen molar-refractivity contribution < 1.29 is 4.74 Å². The molecule has 0 saturated carbocycles. The van der Waals surface area contributed by atoms with E-state index in [0.717, 1.165) is 5.56 Å². The Morgan fingerprint density at radius 2 is 1.96 bits per heavy atom. The van der Waals surface area contributed by atoms with E-state index in [1.807, 2.05) is 42.5 Å². The number of para-hydroxylation sites is 1. The average Bonchev–Trinajstić information content (AvgIpc) is 2.61. The highest BCUT2D eigenvalue weighted by molar-refractivity contribution is 7.80. The SMILES string of the molecule is S=C(NCc1cccnc1)Nc1nc(Cl)cc(Oc2ccccc2)n1. The van der Waals surface area contributed by atoms with E-state index in [0.29, 0.717) is 23.3 Å². The lowest BCUT2D eigenvalue weighted by Gasteiger charge is -2.11. The van der Waals surface area contributed by atoms with Crippen molar-refractivity contribution in [3.63, 3.8) is 0 Å². The maximum Gasteiger partial charge on any atom is 0.233 e. The number of nitrogens with one attached hydrogen (secondary N) is 2. The number of pyridine rings is 1. The summed E-state index contributed by atoms with van der Waals surface area (Å²) in [6.07, 6.45) is 3.48. The third-order valence-electron chi connectivity index (χ3n) is 3.04. The number of hydrogen-bond donors (Lipinski definition) is 2. The van der Waals surface area contributed by atoms with Gasteiger partial charge in [-0.3, -0.25) is 4.98 Å². The van der Waals surface area contributed by atoms with Gasteiger partial charge in [-0.15, -0.1) is 0 Å². The van der Waals surface area contributed by atoms with Gasteiger partial charge in [0, 0.05) is 25.0 Å². The fourth-order valence-corrected chi connectivity index (χ4v) is 2.28. The molecule has 2 aromatic heterocycles. The summed E-state index contributed by atoms with van der Waals surface area (Å²) in [6.45, 7) is 0.535. The second-order valence-corrected chi connectivity index (χ2v) is 5.73. The third kappa shape index (κ3) is 5.37. The number of halogens is 1. The summed E-state index contributed by atoms with van der Waals surface area (Å²) in [5, 5.41) is 6.57. The van der Waals surface area contributed by atoms with Crippen molar-refractivity contribution in [2.45, 2.75) is 6.54 Å². The van der Waals surface area contributed by atoms with Crippen LogP contribution in [-0.4, -0.2) is 20.1 Å². The number of aromatic nitrogens is 3. The van der Waals surface area contributed by atoms with Crippen LogP contribution in [0.15, 0.2) is 60.9 Å². The Hall–Kier alpha value is -2.77. The third-order valence-corrected chi connectivity index (χ3v) is 3.48. The molecule has 2 heterocycles. The first-order valence-electron chi connectivity index (χ1n) is 7.40. The number of benzene rings is 1. The van der Waals surface area contributed by atoms with Crippen LogP contribution in [0.3, 0.4) is 0 Å². The molecule has 0 aliphatic rings. The lowest BCUT2D eigenvalue weighted by atomic mass is 10.3. The minimum absolute atomic E-state index is 0.249. The number of thiocarbonyl (C=S) groups is 1. The van der Waals surface area contributed by atoms with Crippen molar-refractivity contribution in [1.29, 1.82) is 0 Å². The standard InChI is InChI=1S/C17H14ClN5OS/c18-14-9-15(24-13-6-2-1-3-7-13)22-16(21-14)23-17(25)20-11-12-5-4-8-19-10-12/h1-10H,11H2,(H2,20,21,22,23,25). The topological polar surface area (TPSA) is 72.0 Å². The molecule has 2 N–H and O–H groups in total. The van der Waals surface area contributed by atoms with Crippen LogP contribution in [0.5, 0.6) is 11.6 Å². The number of ether oxygens (including phenoxy) is 1. The Morgan fingerprint density at radius 3 is 2.72 bits per heavy atom. The fourth-order valence-electron chi connectivity index (χ4n) is 1.95. The molecule has 0 aliphatic carbocycles. The van der Waals surface area contributed by atoms with Crippen molar-refractivity contribution in [2.75, 3.05) is 5.32 Å². The quantitative estimate of drug-likeness (QED) is 0.522. The molecule has 0 fully saturated rings. The van der Waals surface area contributed by atoms with E-state index in [1.165, 1.54) is 6.07 Å².